The fourth-order valence-corrected chi connectivity index (χ4v) is 2.34. The summed E-state index contributed by atoms with van der Waals surface area (Å²) in [4.78, 5) is 14.5. The molecule has 0 aliphatic rings. The van der Waals surface area contributed by atoms with Crippen LogP contribution >= 0.6 is 0 Å². The Kier molecular flexibility index (Phi) is 6.05. The first kappa shape index (κ1) is 17.6. The molecule has 0 spiro atoms. The minimum Gasteiger partial charge on any atom is -0.345 e. The van der Waals surface area contributed by atoms with Crippen molar-refractivity contribution >= 4 is 5.91 Å². The van der Waals surface area contributed by atoms with Crippen molar-refractivity contribution in [3.05, 3.63) is 71.0 Å². The molecule has 0 bridgehead atoms. The highest BCUT2D eigenvalue weighted by atomic mass is 19.1. The molecule has 2 aromatic rings. The zero-order valence-corrected chi connectivity index (χ0v) is 13.8. The number of benzene rings is 2. The number of hydrogen-bond donors (Lipinski definition) is 1. The van der Waals surface area contributed by atoms with Gasteiger partial charge in [-0.3, -0.25) is 4.79 Å². The van der Waals surface area contributed by atoms with Crippen molar-refractivity contribution in [3.8, 4) is 6.07 Å². The number of amides is 1. The van der Waals surface area contributed by atoms with Gasteiger partial charge in [0.05, 0.1) is 17.7 Å². The molecule has 0 saturated carbocycles. The van der Waals surface area contributed by atoms with E-state index >= 15 is 0 Å². The fourth-order valence-electron chi connectivity index (χ4n) is 2.34. The molecule has 0 radical (unpaired) electrons. The van der Waals surface area contributed by atoms with Gasteiger partial charge in [-0.1, -0.05) is 12.1 Å². The predicted molar refractivity (Wildman–Crippen MR) is 90.9 cm³/mol. The summed E-state index contributed by atoms with van der Waals surface area (Å²) >= 11 is 0. The van der Waals surface area contributed by atoms with Gasteiger partial charge in [-0.25, -0.2) is 4.39 Å². The van der Waals surface area contributed by atoms with Gasteiger partial charge in [-0.05, 0) is 69.0 Å². The number of carbonyl (C=O) groups is 1. The Hall–Kier alpha value is -2.71. The molecule has 0 aliphatic heterocycles. The lowest BCUT2D eigenvalue weighted by molar-refractivity contribution is 0.0932. The summed E-state index contributed by atoms with van der Waals surface area (Å²) in [6.07, 6.45) is 0.709. The zero-order valence-electron chi connectivity index (χ0n) is 13.8. The lowest BCUT2D eigenvalue weighted by atomic mass is 10.0. The average Bonchev–Trinajstić information content (AvgIpc) is 2.59. The van der Waals surface area contributed by atoms with Crippen LogP contribution in [-0.4, -0.2) is 31.4 Å². The molecule has 2 rings (SSSR count). The molecule has 1 amide bonds. The summed E-state index contributed by atoms with van der Waals surface area (Å²) in [5.41, 5.74) is 1.86. The number of nitriles is 1. The third kappa shape index (κ3) is 4.90. The first-order valence-corrected chi connectivity index (χ1v) is 7.71. The van der Waals surface area contributed by atoms with Gasteiger partial charge in [0.25, 0.3) is 5.91 Å². The number of rotatable bonds is 6. The van der Waals surface area contributed by atoms with Crippen LogP contribution in [0.5, 0.6) is 0 Å². The highest BCUT2D eigenvalue weighted by molar-refractivity contribution is 5.94. The van der Waals surface area contributed by atoms with Gasteiger partial charge in [0.1, 0.15) is 5.82 Å². The second-order valence-corrected chi connectivity index (χ2v) is 5.86. The van der Waals surface area contributed by atoms with Crippen LogP contribution in [0.25, 0.3) is 0 Å². The molecule has 1 N–H and O–H groups in total. The van der Waals surface area contributed by atoms with Gasteiger partial charge in [-0.2, -0.15) is 5.26 Å². The lowest BCUT2D eigenvalue weighted by Gasteiger charge is -2.21. The first-order valence-electron chi connectivity index (χ1n) is 7.71. The average molecular weight is 325 g/mol. The Labute approximate surface area is 141 Å². The maximum atomic E-state index is 13.1. The van der Waals surface area contributed by atoms with Crippen LogP contribution < -0.4 is 5.32 Å². The monoisotopic (exact) mass is 325 g/mol. The van der Waals surface area contributed by atoms with E-state index in [-0.39, 0.29) is 17.8 Å². The van der Waals surface area contributed by atoms with E-state index in [0.717, 1.165) is 12.1 Å². The Morgan fingerprint density at radius 1 is 1.17 bits per heavy atom. The third-order valence-electron chi connectivity index (χ3n) is 3.72. The number of halogens is 1. The summed E-state index contributed by atoms with van der Waals surface area (Å²) in [5, 5.41) is 11.8. The van der Waals surface area contributed by atoms with Crippen molar-refractivity contribution in [2.24, 2.45) is 0 Å². The van der Waals surface area contributed by atoms with E-state index in [1.54, 1.807) is 36.4 Å². The molecule has 1 atom stereocenters. The van der Waals surface area contributed by atoms with Crippen molar-refractivity contribution in [1.29, 1.82) is 5.26 Å². The maximum absolute atomic E-state index is 13.1. The van der Waals surface area contributed by atoms with Gasteiger partial charge in [0.2, 0.25) is 0 Å². The molecule has 4 nitrogen and oxygen atoms in total. The molecule has 0 aromatic heterocycles. The Bertz CT molecular complexity index is 718. The van der Waals surface area contributed by atoms with Gasteiger partial charge < -0.3 is 10.2 Å². The zero-order chi connectivity index (χ0) is 17.5. The third-order valence-corrected chi connectivity index (χ3v) is 3.72. The van der Waals surface area contributed by atoms with Crippen LogP contribution in [0.2, 0.25) is 0 Å². The van der Waals surface area contributed by atoms with Crippen molar-refractivity contribution < 1.29 is 9.18 Å². The topological polar surface area (TPSA) is 56.1 Å². The second kappa shape index (κ2) is 8.23. The van der Waals surface area contributed by atoms with Crippen molar-refractivity contribution in [2.75, 3.05) is 20.6 Å². The van der Waals surface area contributed by atoms with E-state index in [0.29, 0.717) is 17.5 Å². The number of carbonyl (C=O) groups excluding carboxylic acids is 1. The smallest absolute Gasteiger partial charge is 0.251 e. The highest BCUT2D eigenvalue weighted by Crippen LogP contribution is 2.18. The van der Waals surface area contributed by atoms with E-state index in [9.17, 15) is 9.18 Å². The fraction of sp³-hybridized carbons (Fsp3) is 0.263. The van der Waals surface area contributed by atoms with Crippen molar-refractivity contribution in [2.45, 2.75) is 12.5 Å². The molecule has 0 heterocycles. The highest BCUT2D eigenvalue weighted by Gasteiger charge is 2.16. The predicted octanol–water partition coefficient (Wildman–Crippen LogP) is 3.12. The number of nitrogens with one attached hydrogen (secondary N) is 1. The maximum Gasteiger partial charge on any atom is 0.251 e. The van der Waals surface area contributed by atoms with E-state index < -0.39 is 0 Å². The van der Waals surface area contributed by atoms with Crippen LogP contribution in [0.1, 0.15) is 33.9 Å². The van der Waals surface area contributed by atoms with Crippen molar-refractivity contribution in [1.82, 2.24) is 10.2 Å². The summed E-state index contributed by atoms with van der Waals surface area (Å²) in [6, 6.07) is 14.5. The lowest BCUT2D eigenvalue weighted by Crippen LogP contribution is -2.31. The van der Waals surface area contributed by atoms with E-state index in [1.165, 1.54) is 12.1 Å². The minimum absolute atomic E-state index is 0.212. The van der Waals surface area contributed by atoms with Crippen LogP contribution in [0.4, 0.5) is 4.39 Å². The number of nitrogens with zero attached hydrogens (tertiary/aromatic N) is 2. The van der Waals surface area contributed by atoms with Crippen LogP contribution in [-0.2, 0) is 0 Å². The molecule has 2 aromatic carbocycles. The Morgan fingerprint density at radius 3 is 2.33 bits per heavy atom. The number of hydrogen-bond acceptors (Lipinski definition) is 3. The van der Waals surface area contributed by atoms with E-state index in [1.807, 2.05) is 25.1 Å². The van der Waals surface area contributed by atoms with Gasteiger partial charge in [0.15, 0.2) is 0 Å². The molecule has 1 unspecified atom stereocenters. The molecule has 0 saturated heterocycles. The molecule has 24 heavy (non-hydrogen) atoms. The molecule has 124 valence electrons. The molecule has 0 fully saturated rings. The summed E-state index contributed by atoms with van der Waals surface area (Å²) in [6.45, 7) is 0.787. The summed E-state index contributed by atoms with van der Waals surface area (Å²) in [7, 11) is 3.92. The van der Waals surface area contributed by atoms with Gasteiger partial charge >= 0.3 is 0 Å². The molecule has 0 aliphatic carbocycles. The SMILES string of the molecule is CN(C)CCC(NC(=O)c1ccc(C#N)cc1)c1ccc(F)cc1. The summed E-state index contributed by atoms with van der Waals surface area (Å²) in [5.74, 6) is -0.518. The quantitative estimate of drug-likeness (QED) is 0.888. The largest absolute Gasteiger partial charge is 0.345 e. The standard InChI is InChI=1S/C19H20FN3O/c1-23(2)12-11-18(15-7-9-17(20)10-8-15)22-19(24)16-5-3-14(13-21)4-6-16/h3-10,18H,11-12H2,1-2H3,(H,22,24). The molecule has 5 heteroatoms. The Balaban J connectivity index is 2.15. The molecular formula is C19H20FN3O. The first-order chi connectivity index (χ1) is 11.5. The van der Waals surface area contributed by atoms with Crippen LogP contribution in [0.15, 0.2) is 48.5 Å². The van der Waals surface area contributed by atoms with Crippen LogP contribution in [0.3, 0.4) is 0 Å². The molecular weight excluding hydrogens is 305 g/mol. The second-order valence-electron chi connectivity index (χ2n) is 5.86. The normalized spacial score (nSPS) is 11.8. The Morgan fingerprint density at radius 2 is 1.79 bits per heavy atom. The van der Waals surface area contributed by atoms with Crippen LogP contribution in [0, 0.1) is 17.1 Å². The van der Waals surface area contributed by atoms with Crippen molar-refractivity contribution in [3.63, 3.8) is 0 Å². The van der Waals surface area contributed by atoms with E-state index in [2.05, 4.69) is 5.32 Å². The van der Waals surface area contributed by atoms with Gasteiger partial charge in [0, 0.05) is 5.56 Å². The summed E-state index contributed by atoms with van der Waals surface area (Å²) < 4.78 is 13.1. The van der Waals surface area contributed by atoms with Gasteiger partial charge in [-0.15, -0.1) is 0 Å². The minimum atomic E-state index is -0.302. The van der Waals surface area contributed by atoms with E-state index in [4.69, 9.17) is 5.26 Å².